The second-order valence-corrected chi connectivity index (χ2v) is 7.77. The van der Waals surface area contributed by atoms with Crippen molar-refractivity contribution in [3.05, 3.63) is 47.2 Å². The maximum atomic E-state index is 13.2. The lowest BCUT2D eigenvalue weighted by Gasteiger charge is -2.39. The highest BCUT2D eigenvalue weighted by Crippen LogP contribution is 2.34. The van der Waals surface area contributed by atoms with Crippen molar-refractivity contribution in [1.29, 1.82) is 0 Å². The summed E-state index contributed by atoms with van der Waals surface area (Å²) < 4.78 is 0. The molecule has 2 aromatic rings. The van der Waals surface area contributed by atoms with Crippen LogP contribution in [0.5, 0.6) is 0 Å². The largest absolute Gasteiger partial charge is 0.341 e. The second-order valence-electron chi connectivity index (χ2n) is 7.33. The minimum atomic E-state index is 0.0983. The van der Waals surface area contributed by atoms with Crippen molar-refractivity contribution in [3.8, 4) is 0 Å². The first-order valence-electron chi connectivity index (χ1n) is 9.79. The van der Waals surface area contributed by atoms with E-state index in [0.717, 1.165) is 44.5 Å². The smallest absolute Gasteiger partial charge is 0.254 e. The van der Waals surface area contributed by atoms with Crippen molar-refractivity contribution in [2.75, 3.05) is 18.0 Å². The summed E-state index contributed by atoms with van der Waals surface area (Å²) in [6, 6.07) is 7.90. The molecule has 1 aliphatic carbocycles. The number of anilines is 1. The third-order valence-corrected chi connectivity index (χ3v) is 5.52. The number of aliphatic imine (C=N–C) groups is 1. The molecular formula is C20H24ClN7O. The highest BCUT2D eigenvalue weighted by molar-refractivity contribution is 6.30. The number of halogens is 1. The van der Waals surface area contributed by atoms with Crippen LogP contribution >= 0.6 is 11.6 Å². The van der Waals surface area contributed by atoms with Gasteiger partial charge in [0.1, 0.15) is 6.34 Å². The highest BCUT2D eigenvalue weighted by Gasteiger charge is 2.39. The van der Waals surface area contributed by atoms with Crippen LogP contribution in [0.1, 0.15) is 36.0 Å². The van der Waals surface area contributed by atoms with Gasteiger partial charge in [-0.05, 0) is 49.9 Å². The van der Waals surface area contributed by atoms with Crippen LogP contribution in [-0.2, 0) is 0 Å². The van der Waals surface area contributed by atoms with Gasteiger partial charge in [-0.1, -0.05) is 11.6 Å². The van der Waals surface area contributed by atoms with Crippen molar-refractivity contribution in [1.82, 2.24) is 20.3 Å². The van der Waals surface area contributed by atoms with Crippen LogP contribution in [0.4, 0.5) is 11.6 Å². The molecular weight excluding hydrogens is 390 g/mol. The molecule has 8 nitrogen and oxygen atoms in total. The first-order valence-corrected chi connectivity index (χ1v) is 10.2. The molecule has 0 bridgehead atoms. The number of hydrogen-bond acceptors (Lipinski definition) is 6. The van der Waals surface area contributed by atoms with Crippen molar-refractivity contribution >= 4 is 35.5 Å². The summed E-state index contributed by atoms with van der Waals surface area (Å²) in [5.74, 6) is 5.99. The maximum absolute atomic E-state index is 13.2. The Balaban J connectivity index is 1.42. The molecule has 9 heteroatoms. The number of hydrogen-bond donors (Lipinski definition) is 2. The summed E-state index contributed by atoms with van der Waals surface area (Å²) in [6.45, 7) is 1.64. The molecule has 1 aromatic carbocycles. The number of nitrogens with two attached hydrogens (primary N) is 1. The van der Waals surface area contributed by atoms with Crippen molar-refractivity contribution in [2.45, 2.75) is 37.8 Å². The molecule has 2 fully saturated rings. The first-order chi connectivity index (χ1) is 14.2. The predicted molar refractivity (Wildman–Crippen MR) is 113 cm³/mol. The average Bonchev–Trinajstić information content (AvgIpc) is 3.59. The third kappa shape index (κ3) is 4.65. The van der Waals surface area contributed by atoms with Gasteiger partial charge in [-0.15, -0.1) is 0 Å². The number of amides is 1. The number of aromatic nitrogens is 2. The Hall–Kier alpha value is -2.71. The SMILES string of the molecule is NNC=Nc1ccc(C(=O)N(C2CC2)C2CCN(c3ncc(Cl)cn3)CC2)cc1. The molecule has 1 saturated heterocycles. The zero-order valence-electron chi connectivity index (χ0n) is 16.0. The Morgan fingerprint density at radius 2 is 1.76 bits per heavy atom. The van der Waals surface area contributed by atoms with Gasteiger partial charge >= 0.3 is 0 Å². The van der Waals surface area contributed by atoms with E-state index in [0.29, 0.717) is 22.6 Å². The molecule has 1 aliphatic heterocycles. The fourth-order valence-corrected chi connectivity index (χ4v) is 3.84. The summed E-state index contributed by atoms with van der Waals surface area (Å²) >= 11 is 5.88. The fraction of sp³-hybridized carbons (Fsp3) is 0.400. The molecule has 4 rings (SSSR count). The Kier molecular flexibility index (Phi) is 5.92. The Morgan fingerprint density at radius 3 is 2.34 bits per heavy atom. The van der Waals surface area contributed by atoms with E-state index in [1.54, 1.807) is 12.4 Å². The van der Waals surface area contributed by atoms with Crippen LogP contribution in [0.15, 0.2) is 41.7 Å². The molecule has 1 saturated carbocycles. The molecule has 0 atom stereocenters. The number of rotatable bonds is 6. The van der Waals surface area contributed by atoms with Gasteiger partial charge in [-0.25, -0.2) is 20.8 Å². The van der Waals surface area contributed by atoms with Crippen LogP contribution in [0.2, 0.25) is 5.02 Å². The fourth-order valence-electron chi connectivity index (χ4n) is 3.75. The van der Waals surface area contributed by atoms with E-state index in [2.05, 4.69) is 30.2 Å². The number of benzene rings is 1. The van der Waals surface area contributed by atoms with E-state index in [1.165, 1.54) is 6.34 Å². The number of carbonyl (C=O) groups is 1. The molecule has 152 valence electrons. The molecule has 29 heavy (non-hydrogen) atoms. The molecule has 0 spiro atoms. The Bertz CT molecular complexity index is 859. The summed E-state index contributed by atoms with van der Waals surface area (Å²) in [5, 5.41) is 0.533. The van der Waals surface area contributed by atoms with Crippen molar-refractivity contribution in [3.63, 3.8) is 0 Å². The average molecular weight is 414 g/mol. The van der Waals surface area contributed by atoms with Crippen LogP contribution in [0.3, 0.4) is 0 Å². The van der Waals surface area contributed by atoms with Crippen LogP contribution in [0, 0.1) is 0 Å². The van der Waals surface area contributed by atoms with E-state index >= 15 is 0 Å². The van der Waals surface area contributed by atoms with Crippen LogP contribution in [0.25, 0.3) is 0 Å². The number of piperidine rings is 1. The molecule has 1 amide bonds. The van der Waals surface area contributed by atoms with E-state index in [4.69, 9.17) is 17.4 Å². The Morgan fingerprint density at radius 1 is 1.14 bits per heavy atom. The quantitative estimate of drug-likeness (QED) is 0.326. The summed E-state index contributed by atoms with van der Waals surface area (Å²) in [4.78, 5) is 30.3. The number of hydrazine groups is 1. The molecule has 2 aliphatic rings. The van der Waals surface area contributed by atoms with Crippen molar-refractivity contribution < 1.29 is 4.79 Å². The molecule has 0 radical (unpaired) electrons. The first kappa shape index (κ1) is 19.6. The van der Waals surface area contributed by atoms with Gasteiger partial charge in [-0.2, -0.15) is 0 Å². The predicted octanol–water partition coefficient (Wildman–Crippen LogP) is 2.53. The summed E-state index contributed by atoms with van der Waals surface area (Å²) in [6.07, 6.45) is 8.61. The topological polar surface area (TPSA) is 99.7 Å². The maximum Gasteiger partial charge on any atom is 0.254 e. The van der Waals surface area contributed by atoms with Crippen LogP contribution in [-0.4, -0.2) is 52.3 Å². The minimum absolute atomic E-state index is 0.0983. The normalized spacial score (nSPS) is 17.5. The zero-order chi connectivity index (χ0) is 20.2. The van der Waals surface area contributed by atoms with Gasteiger partial charge < -0.3 is 15.2 Å². The Labute approximate surface area is 174 Å². The van der Waals surface area contributed by atoms with Gasteiger partial charge in [0.15, 0.2) is 0 Å². The molecule has 2 heterocycles. The van der Waals surface area contributed by atoms with E-state index in [1.807, 2.05) is 24.3 Å². The summed E-state index contributed by atoms with van der Waals surface area (Å²) in [7, 11) is 0. The standard InChI is InChI=1S/C20H24ClN7O/c21-15-11-23-20(24-12-15)27-9-7-18(8-10-27)28(17-5-6-17)19(29)14-1-3-16(4-2-14)25-13-26-22/h1-4,11-13,17-18H,5-10,22H2,(H,25,26). The van der Waals surface area contributed by atoms with Gasteiger partial charge in [-0.3, -0.25) is 4.79 Å². The zero-order valence-corrected chi connectivity index (χ0v) is 16.8. The number of carbonyl (C=O) groups excluding carboxylic acids is 1. The monoisotopic (exact) mass is 413 g/mol. The number of nitrogens with zero attached hydrogens (tertiary/aromatic N) is 5. The lowest BCUT2D eigenvalue weighted by molar-refractivity contribution is 0.0630. The minimum Gasteiger partial charge on any atom is -0.341 e. The van der Waals surface area contributed by atoms with Gasteiger partial charge in [0.2, 0.25) is 5.95 Å². The van der Waals surface area contributed by atoms with Gasteiger partial charge in [0.25, 0.3) is 5.91 Å². The highest BCUT2D eigenvalue weighted by atomic mass is 35.5. The van der Waals surface area contributed by atoms with Gasteiger partial charge in [0.05, 0.1) is 23.1 Å². The summed E-state index contributed by atoms with van der Waals surface area (Å²) in [5.41, 5.74) is 3.81. The molecule has 3 N–H and O–H groups in total. The van der Waals surface area contributed by atoms with Gasteiger partial charge in [0, 0.05) is 30.7 Å². The third-order valence-electron chi connectivity index (χ3n) is 5.32. The number of nitrogens with one attached hydrogen (secondary N) is 1. The lowest BCUT2D eigenvalue weighted by Crippen LogP contribution is -2.48. The molecule has 1 aromatic heterocycles. The lowest BCUT2D eigenvalue weighted by atomic mass is 10.0. The molecule has 0 unspecified atom stereocenters. The van der Waals surface area contributed by atoms with Crippen LogP contribution < -0.4 is 16.2 Å². The van der Waals surface area contributed by atoms with E-state index in [-0.39, 0.29) is 11.9 Å². The van der Waals surface area contributed by atoms with E-state index in [9.17, 15) is 4.79 Å². The van der Waals surface area contributed by atoms with E-state index < -0.39 is 0 Å². The second kappa shape index (κ2) is 8.75. The van der Waals surface area contributed by atoms with Crippen molar-refractivity contribution in [2.24, 2.45) is 10.8 Å².